The summed E-state index contributed by atoms with van der Waals surface area (Å²) >= 11 is 0. The van der Waals surface area contributed by atoms with Crippen molar-refractivity contribution < 1.29 is 14.5 Å². The summed E-state index contributed by atoms with van der Waals surface area (Å²) in [6.45, 7) is 0.555. The van der Waals surface area contributed by atoms with Crippen LogP contribution in [0.15, 0.2) is 84.9 Å². The molecular formula is C23H19N3O4. The number of anilines is 1. The van der Waals surface area contributed by atoms with Gasteiger partial charge in [0.25, 0.3) is 5.69 Å². The van der Waals surface area contributed by atoms with E-state index in [9.17, 15) is 14.9 Å². The number of nitrogens with one attached hydrogen (secondary N) is 1. The maximum Gasteiger partial charge on any atom is 0.418 e. The van der Waals surface area contributed by atoms with Crippen LogP contribution in [0.5, 0.6) is 5.88 Å². The lowest BCUT2D eigenvalue weighted by molar-refractivity contribution is -0.384. The van der Waals surface area contributed by atoms with E-state index in [1.807, 2.05) is 53.1 Å². The van der Waals surface area contributed by atoms with E-state index in [-0.39, 0.29) is 5.69 Å². The van der Waals surface area contributed by atoms with Crippen LogP contribution in [0.2, 0.25) is 0 Å². The second kappa shape index (κ2) is 8.48. The van der Waals surface area contributed by atoms with Crippen LogP contribution >= 0.6 is 0 Å². The Kier molecular flexibility index (Phi) is 5.43. The largest absolute Gasteiger partial charge is 0.418 e. The summed E-state index contributed by atoms with van der Waals surface area (Å²) in [5, 5.41) is 14.5. The summed E-state index contributed by atoms with van der Waals surface area (Å²) in [4.78, 5) is 23.1. The molecule has 0 aliphatic carbocycles. The third-order valence-electron chi connectivity index (χ3n) is 4.74. The molecule has 1 aromatic heterocycles. The van der Waals surface area contributed by atoms with Crippen molar-refractivity contribution in [1.82, 2.24) is 4.57 Å². The second-order valence-electron chi connectivity index (χ2n) is 6.75. The highest BCUT2D eigenvalue weighted by molar-refractivity contribution is 5.89. The number of carbonyl (C=O) groups is 1. The van der Waals surface area contributed by atoms with E-state index in [1.165, 1.54) is 12.1 Å². The molecule has 4 rings (SSSR count). The van der Waals surface area contributed by atoms with Crippen molar-refractivity contribution in [3.63, 3.8) is 0 Å². The number of nitro benzene ring substituents is 1. The van der Waals surface area contributed by atoms with E-state index in [1.54, 1.807) is 24.3 Å². The van der Waals surface area contributed by atoms with Crippen LogP contribution in [0.3, 0.4) is 0 Å². The molecule has 150 valence electrons. The predicted molar refractivity (Wildman–Crippen MR) is 115 cm³/mol. The number of carbonyl (C=O) groups excluding carboxylic acids is 1. The van der Waals surface area contributed by atoms with Crippen LogP contribution < -0.4 is 10.1 Å². The van der Waals surface area contributed by atoms with Gasteiger partial charge >= 0.3 is 6.09 Å². The zero-order chi connectivity index (χ0) is 20.9. The van der Waals surface area contributed by atoms with E-state index in [2.05, 4.69) is 5.32 Å². The van der Waals surface area contributed by atoms with Gasteiger partial charge in [-0.05, 0) is 30.2 Å². The fraction of sp³-hybridized carbons (Fsp3) is 0.0870. The Balaban J connectivity index is 1.63. The third kappa shape index (κ3) is 4.30. The zero-order valence-electron chi connectivity index (χ0n) is 16.0. The third-order valence-corrected chi connectivity index (χ3v) is 4.74. The fourth-order valence-corrected chi connectivity index (χ4v) is 3.31. The number of nitrogens with zero attached hydrogens (tertiary/aromatic N) is 2. The molecule has 7 heteroatoms. The predicted octanol–water partition coefficient (Wildman–Crippen LogP) is 5.40. The molecule has 4 aromatic rings. The number of benzene rings is 3. The topological polar surface area (TPSA) is 86.4 Å². The monoisotopic (exact) mass is 401 g/mol. The lowest BCUT2D eigenvalue weighted by atomic mass is 10.1. The Morgan fingerprint density at radius 1 is 0.967 bits per heavy atom. The van der Waals surface area contributed by atoms with Crippen LogP contribution in [0, 0.1) is 10.1 Å². The molecule has 0 atom stereocenters. The highest BCUT2D eigenvalue weighted by atomic mass is 16.6. The van der Waals surface area contributed by atoms with Gasteiger partial charge in [-0.2, -0.15) is 0 Å². The van der Waals surface area contributed by atoms with Crippen LogP contribution in [0.25, 0.3) is 10.9 Å². The Bertz CT molecular complexity index is 1190. The van der Waals surface area contributed by atoms with Gasteiger partial charge in [-0.25, -0.2) is 4.79 Å². The standard InChI is InChI=1S/C23H19N3O4/c27-23(24-19-9-5-2-6-10-19)30-22-16-18-15-20(26(28)29)11-12-21(18)25(22)14-13-17-7-3-1-4-8-17/h1-12,15-16H,13-14H2,(H,24,27). The van der Waals surface area contributed by atoms with Crippen molar-refractivity contribution in [2.45, 2.75) is 13.0 Å². The van der Waals surface area contributed by atoms with E-state index in [4.69, 9.17) is 4.74 Å². The average molecular weight is 401 g/mol. The maximum atomic E-state index is 12.4. The summed E-state index contributed by atoms with van der Waals surface area (Å²) < 4.78 is 7.42. The lowest BCUT2D eigenvalue weighted by Gasteiger charge is -2.11. The molecule has 0 bridgehead atoms. The molecule has 0 unspecified atom stereocenters. The molecule has 0 fully saturated rings. The molecule has 0 aliphatic heterocycles. The molecule has 1 N–H and O–H groups in total. The molecular weight excluding hydrogens is 382 g/mol. The summed E-state index contributed by atoms with van der Waals surface area (Å²) in [5.41, 5.74) is 2.51. The van der Waals surface area contributed by atoms with Gasteiger partial charge in [0.2, 0.25) is 5.88 Å². The summed E-state index contributed by atoms with van der Waals surface area (Å²) in [5.74, 6) is 0.329. The normalized spacial score (nSPS) is 10.7. The Hall–Kier alpha value is -4.13. The number of nitro groups is 1. The molecule has 0 radical (unpaired) electrons. The van der Waals surface area contributed by atoms with Crippen LogP contribution in [0.1, 0.15) is 5.56 Å². The first-order valence-electron chi connectivity index (χ1n) is 9.45. The molecule has 0 spiro atoms. The Morgan fingerprint density at radius 3 is 2.37 bits per heavy atom. The number of ether oxygens (including phenoxy) is 1. The average Bonchev–Trinajstić information content (AvgIpc) is 3.09. The number of amides is 1. The van der Waals surface area contributed by atoms with Gasteiger partial charge in [0, 0.05) is 35.8 Å². The minimum absolute atomic E-state index is 0.0111. The van der Waals surface area contributed by atoms with Crippen LogP contribution in [-0.2, 0) is 13.0 Å². The number of fused-ring (bicyclic) bond motifs is 1. The summed E-state index contributed by atoms with van der Waals surface area (Å²) in [7, 11) is 0. The second-order valence-corrected chi connectivity index (χ2v) is 6.75. The molecule has 0 saturated heterocycles. The number of non-ortho nitro benzene ring substituents is 1. The zero-order valence-corrected chi connectivity index (χ0v) is 16.0. The van der Waals surface area contributed by atoms with Crippen molar-refractivity contribution >= 4 is 28.4 Å². The minimum atomic E-state index is -0.625. The molecule has 3 aromatic carbocycles. The van der Waals surface area contributed by atoms with E-state index in [0.29, 0.717) is 23.5 Å². The van der Waals surface area contributed by atoms with Crippen molar-refractivity contribution in [2.24, 2.45) is 0 Å². The smallest absolute Gasteiger partial charge is 0.393 e. The molecule has 0 aliphatic rings. The molecule has 1 heterocycles. The van der Waals surface area contributed by atoms with Gasteiger partial charge in [-0.1, -0.05) is 48.5 Å². The van der Waals surface area contributed by atoms with Crippen LogP contribution in [0.4, 0.5) is 16.2 Å². The van der Waals surface area contributed by atoms with Crippen molar-refractivity contribution in [3.05, 3.63) is 101 Å². The summed E-state index contributed by atoms with van der Waals surface area (Å²) in [6.07, 6.45) is 0.0950. The Morgan fingerprint density at radius 2 is 1.67 bits per heavy atom. The van der Waals surface area contributed by atoms with Gasteiger partial charge in [-0.3, -0.25) is 15.4 Å². The van der Waals surface area contributed by atoms with E-state index in [0.717, 1.165) is 17.5 Å². The number of hydrogen-bond acceptors (Lipinski definition) is 4. The number of rotatable bonds is 6. The fourth-order valence-electron chi connectivity index (χ4n) is 3.31. The maximum absolute atomic E-state index is 12.4. The molecule has 1 amide bonds. The van der Waals surface area contributed by atoms with Gasteiger partial charge < -0.3 is 9.30 Å². The molecule has 0 saturated carbocycles. The van der Waals surface area contributed by atoms with Gasteiger partial charge in [0.15, 0.2) is 0 Å². The first kappa shape index (κ1) is 19.2. The molecule has 7 nitrogen and oxygen atoms in total. The van der Waals surface area contributed by atoms with Crippen LogP contribution in [-0.4, -0.2) is 15.6 Å². The minimum Gasteiger partial charge on any atom is -0.393 e. The quantitative estimate of drug-likeness (QED) is 0.346. The number of aryl methyl sites for hydroxylation is 2. The first-order valence-corrected chi connectivity index (χ1v) is 9.45. The number of aromatic nitrogens is 1. The van der Waals surface area contributed by atoms with E-state index >= 15 is 0 Å². The van der Waals surface area contributed by atoms with Crippen molar-refractivity contribution in [1.29, 1.82) is 0 Å². The van der Waals surface area contributed by atoms with Gasteiger partial charge in [0.05, 0.1) is 10.4 Å². The van der Waals surface area contributed by atoms with Gasteiger partial charge in [-0.15, -0.1) is 0 Å². The highest BCUT2D eigenvalue weighted by Gasteiger charge is 2.16. The van der Waals surface area contributed by atoms with E-state index < -0.39 is 11.0 Å². The Labute approximate surface area is 172 Å². The van der Waals surface area contributed by atoms with Crippen molar-refractivity contribution in [3.8, 4) is 5.88 Å². The lowest BCUT2D eigenvalue weighted by Crippen LogP contribution is -2.18. The number of para-hydroxylation sites is 1. The SMILES string of the molecule is O=C(Nc1ccccc1)Oc1cc2cc([N+](=O)[O-])ccc2n1CCc1ccccc1. The first-order chi connectivity index (χ1) is 14.6. The molecule has 30 heavy (non-hydrogen) atoms. The summed E-state index contributed by atoms with van der Waals surface area (Å²) in [6, 6.07) is 25.2. The van der Waals surface area contributed by atoms with Crippen molar-refractivity contribution in [2.75, 3.05) is 5.32 Å². The highest BCUT2D eigenvalue weighted by Crippen LogP contribution is 2.29. The van der Waals surface area contributed by atoms with Gasteiger partial charge in [0.1, 0.15) is 0 Å². The number of hydrogen-bond donors (Lipinski definition) is 1.